The van der Waals surface area contributed by atoms with Gasteiger partial charge in [-0.2, -0.15) is 0 Å². The van der Waals surface area contributed by atoms with Gasteiger partial charge in [0.1, 0.15) is 0 Å². The van der Waals surface area contributed by atoms with Gasteiger partial charge in [-0.15, -0.1) is 0 Å². The highest BCUT2D eigenvalue weighted by Gasteiger charge is 2.39. The fraction of sp³-hybridized carbons (Fsp3) is 0.556. The fourth-order valence-corrected chi connectivity index (χ4v) is 3.18. The summed E-state index contributed by atoms with van der Waals surface area (Å²) in [5.74, 6) is -0.228. The molecule has 3 N–H and O–H groups in total. The molecule has 3 rings (SSSR count). The van der Waals surface area contributed by atoms with E-state index in [9.17, 15) is 14.7 Å². The van der Waals surface area contributed by atoms with Crippen molar-refractivity contribution >= 4 is 11.8 Å². The molecule has 1 aromatic carbocycles. The van der Waals surface area contributed by atoms with Crippen LogP contribution in [-0.4, -0.2) is 35.6 Å². The number of nitrogens with one attached hydrogen (secondary N) is 2. The van der Waals surface area contributed by atoms with E-state index in [1.165, 1.54) is 0 Å². The van der Waals surface area contributed by atoms with Gasteiger partial charge < -0.3 is 15.7 Å². The van der Waals surface area contributed by atoms with Crippen LogP contribution < -0.4 is 10.6 Å². The highest BCUT2D eigenvalue weighted by Crippen LogP contribution is 2.37. The molecule has 23 heavy (non-hydrogen) atoms. The first-order valence-corrected chi connectivity index (χ1v) is 8.34. The summed E-state index contributed by atoms with van der Waals surface area (Å²) >= 11 is 0. The summed E-state index contributed by atoms with van der Waals surface area (Å²) in [6.45, 7) is 2.09. The molecule has 1 aromatic rings. The van der Waals surface area contributed by atoms with Gasteiger partial charge in [0.25, 0.3) is 11.8 Å². The molecule has 2 amide bonds. The minimum atomic E-state index is -0.236. The minimum Gasteiger partial charge on any atom is -0.396 e. The van der Waals surface area contributed by atoms with Crippen LogP contribution in [0.15, 0.2) is 24.3 Å². The first-order chi connectivity index (χ1) is 11.0. The molecule has 0 bridgehead atoms. The topological polar surface area (TPSA) is 78.4 Å². The third kappa shape index (κ3) is 3.55. The lowest BCUT2D eigenvalue weighted by atomic mass is 9.85. The quantitative estimate of drug-likeness (QED) is 0.776. The highest BCUT2D eigenvalue weighted by molar-refractivity contribution is 5.98. The normalized spacial score (nSPS) is 26.8. The zero-order chi connectivity index (χ0) is 16.4. The molecular formula is C18H24N2O3. The number of rotatable bonds is 5. The van der Waals surface area contributed by atoms with E-state index in [2.05, 4.69) is 10.6 Å². The number of hydrogen-bond acceptors (Lipinski definition) is 3. The van der Waals surface area contributed by atoms with Gasteiger partial charge in [-0.3, -0.25) is 9.59 Å². The molecule has 0 radical (unpaired) electrons. The molecule has 5 heteroatoms. The Morgan fingerprint density at radius 1 is 1.09 bits per heavy atom. The Labute approximate surface area is 136 Å². The predicted octanol–water partition coefficient (Wildman–Crippen LogP) is 1.86. The van der Waals surface area contributed by atoms with E-state index in [0.717, 1.165) is 32.1 Å². The molecule has 2 aliphatic carbocycles. The Balaban J connectivity index is 1.62. The van der Waals surface area contributed by atoms with E-state index in [1.807, 2.05) is 6.92 Å². The number of carbonyl (C=O) groups is 2. The van der Waals surface area contributed by atoms with E-state index in [4.69, 9.17) is 0 Å². The molecule has 0 saturated heterocycles. The van der Waals surface area contributed by atoms with Gasteiger partial charge in [-0.25, -0.2) is 0 Å². The van der Waals surface area contributed by atoms with Crippen LogP contribution in [0.3, 0.4) is 0 Å². The molecule has 2 fully saturated rings. The summed E-state index contributed by atoms with van der Waals surface area (Å²) in [5, 5.41) is 15.5. The summed E-state index contributed by atoms with van der Waals surface area (Å²) in [4.78, 5) is 24.3. The van der Waals surface area contributed by atoms with E-state index in [1.54, 1.807) is 24.3 Å². The van der Waals surface area contributed by atoms with Crippen LogP contribution in [0.25, 0.3) is 0 Å². The lowest BCUT2D eigenvalue weighted by Crippen LogP contribution is -2.44. The molecular weight excluding hydrogens is 292 g/mol. The van der Waals surface area contributed by atoms with Gasteiger partial charge in [-0.1, -0.05) is 13.3 Å². The van der Waals surface area contributed by atoms with Gasteiger partial charge in [-0.05, 0) is 49.9 Å². The average molecular weight is 316 g/mol. The zero-order valence-corrected chi connectivity index (χ0v) is 13.5. The zero-order valence-electron chi connectivity index (χ0n) is 13.5. The maximum absolute atomic E-state index is 12.4. The SMILES string of the molecule is CC1(CO)CCCC1NC(=O)c1ccc(C(=O)NC2CC2)cc1. The Bertz CT molecular complexity index is 595. The third-order valence-corrected chi connectivity index (χ3v) is 5.07. The molecule has 0 spiro atoms. The second-order valence-corrected chi connectivity index (χ2v) is 7.06. The van der Waals surface area contributed by atoms with Crippen molar-refractivity contribution in [1.29, 1.82) is 0 Å². The van der Waals surface area contributed by atoms with Gasteiger partial charge in [0.2, 0.25) is 0 Å². The Morgan fingerprint density at radius 3 is 2.17 bits per heavy atom. The van der Waals surface area contributed by atoms with Crippen molar-refractivity contribution in [2.24, 2.45) is 5.41 Å². The lowest BCUT2D eigenvalue weighted by molar-refractivity contribution is 0.0829. The molecule has 2 saturated carbocycles. The van der Waals surface area contributed by atoms with Gasteiger partial charge in [0.05, 0.1) is 6.61 Å². The van der Waals surface area contributed by atoms with Crippen LogP contribution in [0.2, 0.25) is 0 Å². The van der Waals surface area contributed by atoms with Gasteiger partial charge in [0, 0.05) is 28.6 Å². The van der Waals surface area contributed by atoms with Crippen LogP contribution in [0.5, 0.6) is 0 Å². The van der Waals surface area contributed by atoms with E-state index in [-0.39, 0.29) is 29.9 Å². The van der Waals surface area contributed by atoms with E-state index in [0.29, 0.717) is 17.2 Å². The summed E-state index contributed by atoms with van der Waals surface area (Å²) < 4.78 is 0. The minimum absolute atomic E-state index is 0.00200. The number of hydrogen-bond donors (Lipinski definition) is 3. The monoisotopic (exact) mass is 316 g/mol. The fourth-order valence-electron chi connectivity index (χ4n) is 3.18. The summed E-state index contributed by atoms with van der Waals surface area (Å²) in [7, 11) is 0. The second kappa shape index (κ2) is 6.32. The third-order valence-electron chi connectivity index (χ3n) is 5.07. The summed E-state index contributed by atoms with van der Waals surface area (Å²) in [5.41, 5.74) is 0.884. The standard InChI is InChI=1S/C18H24N2O3/c1-18(11-21)10-2-3-15(18)20-17(23)13-6-4-12(5-7-13)16(22)19-14-8-9-14/h4-7,14-15,21H,2-3,8-11H2,1H3,(H,19,22)(H,20,23). The van der Waals surface area contributed by atoms with Gasteiger partial charge in [0.15, 0.2) is 0 Å². The molecule has 0 heterocycles. The number of aliphatic hydroxyl groups is 1. The Kier molecular flexibility index (Phi) is 4.39. The first kappa shape index (κ1) is 16.0. The van der Waals surface area contributed by atoms with Gasteiger partial charge >= 0.3 is 0 Å². The Morgan fingerprint density at radius 2 is 1.65 bits per heavy atom. The van der Waals surface area contributed by atoms with Crippen molar-refractivity contribution in [2.75, 3.05) is 6.61 Å². The van der Waals surface area contributed by atoms with Crippen LogP contribution in [0.1, 0.15) is 59.7 Å². The summed E-state index contributed by atoms with van der Waals surface area (Å²) in [6.07, 6.45) is 4.94. The molecule has 124 valence electrons. The highest BCUT2D eigenvalue weighted by atomic mass is 16.3. The maximum atomic E-state index is 12.4. The van der Waals surface area contributed by atoms with Crippen LogP contribution in [0, 0.1) is 5.41 Å². The largest absolute Gasteiger partial charge is 0.396 e. The lowest BCUT2D eigenvalue weighted by Gasteiger charge is -2.30. The second-order valence-electron chi connectivity index (χ2n) is 7.06. The van der Waals surface area contributed by atoms with E-state index < -0.39 is 0 Å². The average Bonchev–Trinajstić information content (AvgIpc) is 3.30. The molecule has 5 nitrogen and oxygen atoms in total. The predicted molar refractivity (Wildman–Crippen MR) is 87.2 cm³/mol. The van der Waals surface area contributed by atoms with Crippen LogP contribution in [-0.2, 0) is 0 Å². The van der Waals surface area contributed by atoms with Crippen molar-refractivity contribution in [3.63, 3.8) is 0 Å². The molecule has 2 unspecified atom stereocenters. The number of carbonyl (C=O) groups excluding carboxylic acids is 2. The molecule has 2 aliphatic rings. The van der Waals surface area contributed by atoms with Crippen molar-refractivity contribution in [1.82, 2.24) is 10.6 Å². The van der Waals surface area contributed by atoms with Crippen LogP contribution in [0.4, 0.5) is 0 Å². The van der Waals surface area contributed by atoms with Crippen LogP contribution >= 0.6 is 0 Å². The molecule has 0 aromatic heterocycles. The first-order valence-electron chi connectivity index (χ1n) is 8.34. The maximum Gasteiger partial charge on any atom is 0.251 e. The number of benzene rings is 1. The Hall–Kier alpha value is -1.88. The van der Waals surface area contributed by atoms with Crippen molar-refractivity contribution in [3.8, 4) is 0 Å². The van der Waals surface area contributed by atoms with E-state index >= 15 is 0 Å². The van der Waals surface area contributed by atoms with Crippen molar-refractivity contribution in [2.45, 2.75) is 51.1 Å². The van der Waals surface area contributed by atoms with Crippen molar-refractivity contribution < 1.29 is 14.7 Å². The summed E-state index contributed by atoms with van der Waals surface area (Å²) in [6, 6.07) is 7.06. The molecule has 2 atom stereocenters. The number of amides is 2. The number of aliphatic hydroxyl groups excluding tert-OH is 1. The molecule has 0 aliphatic heterocycles. The van der Waals surface area contributed by atoms with Crippen molar-refractivity contribution in [3.05, 3.63) is 35.4 Å². The smallest absolute Gasteiger partial charge is 0.251 e.